The van der Waals surface area contributed by atoms with Crippen LogP contribution in [0.1, 0.15) is 40.0 Å². The third-order valence-electron chi connectivity index (χ3n) is 4.91. The predicted molar refractivity (Wildman–Crippen MR) is 88.3 cm³/mol. The SMILES string of the molecule is CCNC1C(CN(C)c2ccc(F)cc2)CCCC1(C)C. The molecule has 2 atom stereocenters. The van der Waals surface area contributed by atoms with Gasteiger partial charge in [0.05, 0.1) is 0 Å². The molecule has 0 bridgehead atoms. The van der Waals surface area contributed by atoms with E-state index in [2.05, 4.69) is 38.0 Å². The Morgan fingerprint density at radius 3 is 2.57 bits per heavy atom. The second kappa shape index (κ2) is 6.78. The van der Waals surface area contributed by atoms with Crippen molar-refractivity contribution in [3.05, 3.63) is 30.1 Å². The summed E-state index contributed by atoms with van der Waals surface area (Å²) >= 11 is 0. The highest BCUT2D eigenvalue weighted by atomic mass is 19.1. The largest absolute Gasteiger partial charge is 0.374 e. The first-order chi connectivity index (χ1) is 9.94. The first-order valence-corrected chi connectivity index (χ1v) is 8.14. The molecule has 1 aromatic carbocycles. The van der Waals surface area contributed by atoms with Crippen LogP contribution >= 0.6 is 0 Å². The average molecular weight is 292 g/mol. The molecule has 0 aromatic heterocycles. The van der Waals surface area contributed by atoms with Gasteiger partial charge in [-0.25, -0.2) is 4.39 Å². The second-order valence-electron chi connectivity index (χ2n) is 7.03. The van der Waals surface area contributed by atoms with Crippen molar-refractivity contribution in [3.63, 3.8) is 0 Å². The maximum Gasteiger partial charge on any atom is 0.123 e. The lowest BCUT2D eigenvalue weighted by Crippen LogP contribution is -2.52. The van der Waals surface area contributed by atoms with Crippen LogP contribution in [0.5, 0.6) is 0 Å². The fourth-order valence-corrected chi connectivity index (χ4v) is 3.79. The molecule has 3 heteroatoms. The fourth-order valence-electron chi connectivity index (χ4n) is 3.79. The minimum atomic E-state index is -0.170. The van der Waals surface area contributed by atoms with Gasteiger partial charge in [-0.15, -0.1) is 0 Å². The zero-order chi connectivity index (χ0) is 15.5. The molecule has 1 saturated carbocycles. The quantitative estimate of drug-likeness (QED) is 0.880. The Bertz CT molecular complexity index is 441. The van der Waals surface area contributed by atoms with E-state index in [0.717, 1.165) is 18.8 Å². The zero-order valence-electron chi connectivity index (χ0n) is 13.8. The number of halogens is 1. The predicted octanol–water partition coefficient (Wildman–Crippen LogP) is 4.07. The summed E-state index contributed by atoms with van der Waals surface area (Å²) in [5, 5.41) is 3.70. The highest BCUT2D eigenvalue weighted by molar-refractivity contribution is 5.45. The van der Waals surface area contributed by atoms with E-state index in [0.29, 0.717) is 17.4 Å². The highest BCUT2D eigenvalue weighted by Crippen LogP contribution is 2.39. The molecule has 2 nitrogen and oxygen atoms in total. The van der Waals surface area contributed by atoms with Gasteiger partial charge in [-0.1, -0.05) is 27.2 Å². The Labute approximate surface area is 128 Å². The summed E-state index contributed by atoms with van der Waals surface area (Å²) in [6.45, 7) is 8.98. The van der Waals surface area contributed by atoms with Crippen LogP contribution < -0.4 is 10.2 Å². The molecule has 2 unspecified atom stereocenters. The van der Waals surface area contributed by atoms with E-state index in [1.54, 1.807) is 12.1 Å². The molecule has 0 saturated heterocycles. The Hall–Kier alpha value is -1.09. The molecule has 1 aliphatic carbocycles. The average Bonchev–Trinajstić information content (AvgIpc) is 2.43. The van der Waals surface area contributed by atoms with Gasteiger partial charge < -0.3 is 10.2 Å². The van der Waals surface area contributed by atoms with Crippen molar-refractivity contribution >= 4 is 5.69 Å². The van der Waals surface area contributed by atoms with Crippen molar-refractivity contribution in [3.8, 4) is 0 Å². The van der Waals surface area contributed by atoms with E-state index in [1.165, 1.54) is 19.3 Å². The van der Waals surface area contributed by atoms with Gasteiger partial charge >= 0.3 is 0 Å². The Balaban J connectivity index is 2.07. The molecule has 118 valence electrons. The van der Waals surface area contributed by atoms with Gasteiger partial charge in [-0.3, -0.25) is 0 Å². The number of benzene rings is 1. The first kappa shape index (κ1) is 16.3. The monoisotopic (exact) mass is 292 g/mol. The Morgan fingerprint density at radius 2 is 1.95 bits per heavy atom. The van der Waals surface area contributed by atoms with Gasteiger partial charge in [-0.05, 0) is 55.0 Å². The van der Waals surface area contributed by atoms with Gasteiger partial charge in [0.15, 0.2) is 0 Å². The van der Waals surface area contributed by atoms with E-state index in [1.807, 2.05) is 12.1 Å². The lowest BCUT2D eigenvalue weighted by Gasteiger charge is -2.46. The lowest BCUT2D eigenvalue weighted by atomic mass is 9.67. The molecule has 0 spiro atoms. The smallest absolute Gasteiger partial charge is 0.123 e. The van der Waals surface area contributed by atoms with E-state index in [9.17, 15) is 4.39 Å². The first-order valence-electron chi connectivity index (χ1n) is 8.14. The summed E-state index contributed by atoms with van der Waals surface area (Å²) in [6, 6.07) is 7.37. The summed E-state index contributed by atoms with van der Waals surface area (Å²) in [6.07, 6.45) is 3.87. The van der Waals surface area contributed by atoms with Crippen LogP contribution in [0.3, 0.4) is 0 Å². The van der Waals surface area contributed by atoms with Crippen LogP contribution in [0, 0.1) is 17.2 Å². The summed E-state index contributed by atoms with van der Waals surface area (Å²) in [5.41, 5.74) is 1.44. The van der Waals surface area contributed by atoms with Gasteiger partial charge in [-0.2, -0.15) is 0 Å². The molecule has 21 heavy (non-hydrogen) atoms. The third kappa shape index (κ3) is 3.97. The van der Waals surface area contributed by atoms with Crippen molar-refractivity contribution in [2.45, 2.75) is 46.1 Å². The van der Waals surface area contributed by atoms with Crippen molar-refractivity contribution in [1.82, 2.24) is 5.32 Å². The minimum Gasteiger partial charge on any atom is -0.374 e. The van der Waals surface area contributed by atoms with Crippen LogP contribution in [0.25, 0.3) is 0 Å². The Morgan fingerprint density at radius 1 is 1.29 bits per heavy atom. The Kier molecular flexibility index (Phi) is 5.26. The number of anilines is 1. The maximum atomic E-state index is 13.0. The molecule has 1 N–H and O–H groups in total. The summed E-state index contributed by atoms with van der Waals surface area (Å²) in [4.78, 5) is 2.26. The van der Waals surface area contributed by atoms with Gasteiger partial charge in [0.2, 0.25) is 0 Å². The van der Waals surface area contributed by atoms with Crippen LogP contribution in [0.15, 0.2) is 24.3 Å². The number of rotatable bonds is 5. The molecule has 0 amide bonds. The van der Waals surface area contributed by atoms with Crippen molar-refractivity contribution in [2.75, 3.05) is 25.0 Å². The molecule has 1 fully saturated rings. The standard InChI is InChI=1S/C18H29FN2/c1-5-20-17-14(7-6-12-18(17,2)3)13-21(4)16-10-8-15(19)9-11-16/h8-11,14,17,20H,5-7,12-13H2,1-4H3. The molecule has 1 aliphatic rings. The third-order valence-corrected chi connectivity index (χ3v) is 4.91. The van der Waals surface area contributed by atoms with Gasteiger partial charge in [0, 0.05) is 25.3 Å². The van der Waals surface area contributed by atoms with E-state index < -0.39 is 0 Å². The molecule has 1 aromatic rings. The molecular formula is C18H29FN2. The number of hydrogen-bond acceptors (Lipinski definition) is 2. The van der Waals surface area contributed by atoms with E-state index >= 15 is 0 Å². The van der Waals surface area contributed by atoms with Crippen LogP contribution in [-0.4, -0.2) is 26.2 Å². The molecule has 0 aliphatic heterocycles. The highest BCUT2D eigenvalue weighted by Gasteiger charge is 2.38. The van der Waals surface area contributed by atoms with Crippen molar-refractivity contribution in [1.29, 1.82) is 0 Å². The zero-order valence-corrected chi connectivity index (χ0v) is 13.8. The fraction of sp³-hybridized carbons (Fsp3) is 0.667. The molecule has 0 heterocycles. The summed E-state index contributed by atoms with van der Waals surface area (Å²) in [7, 11) is 2.11. The minimum absolute atomic E-state index is 0.170. The number of hydrogen-bond donors (Lipinski definition) is 1. The van der Waals surface area contributed by atoms with Crippen molar-refractivity contribution < 1.29 is 4.39 Å². The van der Waals surface area contributed by atoms with E-state index in [-0.39, 0.29) is 5.82 Å². The van der Waals surface area contributed by atoms with Crippen LogP contribution in [0.2, 0.25) is 0 Å². The normalized spacial score (nSPS) is 24.8. The van der Waals surface area contributed by atoms with Crippen LogP contribution in [0.4, 0.5) is 10.1 Å². The van der Waals surface area contributed by atoms with Gasteiger partial charge in [0.25, 0.3) is 0 Å². The summed E-state index contributed by atoms with van der Waals surface area (Å²) < 4.78 is 13.0. The molecule has 0 radical (unpaired) electrons. The van der Waals surface area contributed by atoms with Crippen molar-refractivity contribution in [2.24, 2.45) is 11.3 Å². The second-order valence-corrected chi connectivity index (χ2v) is 7.03. The molecular weight excluding hydrogens is 263 g/mol. The lowest BCUT2D eigenvalue weighted by molar-refractivity contribution is 0.113. The maximum absolute atomic E-state index is 13.0. The summed E-state index contributed by atoms with van der Waals surface area (Å²) in [5.74, 6) is 0.472. The topological polar surface area (TPSA) is 15.3 Å². The number of nitrogens with zero attached hydrogens (tertiary/aromatic N) is 1. The number of nitrogens with one attached hydrogen (secondary N) is 1. The van der Waals surface area contributed by atoms with E-state index in [4.69, 9.17) is 0 Å². The van der Waals surface area contributed by atoms with Crippen LogP contribution in [-0.2, 0) is 0 Å². The molecule has 2 rings (SSSR count). The van der Waals surface area contributed by atoms with Gasteiger partial charge in [0.1, 0.15) is 5.82 Å².